The van der Waals surface area contributed by atoms with Crippen LogP contribution in [0.15, 0.2) is 0 Å². The van der Waals surface area contributed by atoms with Crippen molar-refractivity contribution in [3.8, 4) is 0 Å². The van der Waals surface area contributed by atoms with Gasteiger partial charge in [-0.1, -0.05) is 0 Å². The van der Waals surface area contributed by atoms with Gasteiger partial charge in [-0.15, -0.1) is 0 Å². The van der Waals surface area contributed by atoms with Crippen molar-refractivity contribution in [2.45, 2.75) is 31.2 Å². The Morgan fingerprint density at radius 1 is 1.25 bits per heavy atom. The molecule has 0 fully saturated rings. The summed E-state index contributed by atoms with van der Waals surface area (Å²) in [7, 11) is 0. The van der Waals surface area contributed by atoms with Crippen LogP contribution in [0.2, 0.25) is 0 Å². The lowest BCUT2D eigenvalue weighted by atomic mass is 10.1. The number of aliphatic carboxylic acids is 1. The van der Waals surface area contributed by atoms with E-state index in [1.54, 1.807) is 0 Å². The summed E-state index contributed by atoms with van der Waals surface area (Å²) in [5.41, 5.74) is 5.26. The predicted octanol–water partition coefficient (Wildman–Crippen LogP) is -3.33. The second kappa shape index (κ2) is 8.74. The Hall–Kier alpha value is -1.36. The number of rotatable bonds is 8. The molecule has 0 heterocycles. The van der Waals surface area contributed by atoms with Crippen LogP contribution >= 0.6 is 12.6 Å². The largest absolute Gasteiger partial charge is 0.480 e. The summed E-state index contributed by atoms with van der Waals surface area (Å²) >= 11 is 3.77. The lowest BCUT2D eigenvalue weighted by molar-refractivity contribution is -0.142. The van der Waals surface area contributed by atoms with E-state index < -0.39 is 48.6 Å². The highest BCUT2D eigenvalue weighted by Gasteiger charge is 2.30. The number of carbonyl (C=O) groups excluding carboxylic acids is 2. The van der Waals surface area contributed by atoms with Gasteiger partial charge >= 0.3 is 5.97 Å². The number of aliphatic hydroxyl groups excluding tert-OH is 2. The zero-order chi connectivity index (χ0) is 15.9. The summed E-state index contributed by atoms with van der Waals surface area (Å²) in [4.78, 5) is 34.1. The molecule has 0 aliphatic rings. The van der Waals surface area contributed by atoms with Crippen LogP contribution in [-0.2, 0) is 14.4 Å². The Labute approximate surface area is 120 Å². The number of carboxylic acid groups (broad SMARTS) is 1. The van der Waals surface area contributed by atoms with Gasteiger partial charge in [0, 0.05) is 5.75 Å². The van der Waals surface area contributed by atoms with Gasteiger partial charge in [0.1, 0.15) is 18.1 Å². The Kier molecular flexibility index (Phi) is 8.15. The molecule has 0 aliphatic carbocycles. The van der Waals surface area contributed by atoms with Crippen LogP contribution in [0.1, 0.15) is 6.92 Å². The van der Waals surface area contributed by atoms with Gasteiger partial charge in [-0.05, 0) is 6.92 Å². The monoisotopic (exact) mass is 309 g/mol. The molecule has 0 aromatic rings. The molecule has 4 atom stereocenters. The molecule has 7 N–H and O–H groups in total. The van der Waals surface area contributed by atoms with Crippen molar-refractivity contribution in [1.29, 1.82) is 0 Å². The normalized spacial score (nSPS) is 16.6. The van der Waals surface area contributed by atoms with E-state index in [-0.39, 0.29) is 5.75 Å². The molecule has 9 nitrogen and oxygen atoms in total. The molecule has 0 unspecified atom stereocenters. The zero-order valence-corrected chi connectivity index (χ0v) is 11.7. The third kappa shape index (κ3) is 5.74. The second-order valence-electron chi connectivity index (χ2n) is 4.10. The average molecular weight is 309 g/mol. The van der Waals surface area contributed by atoms with Crippen molar-refractivity contribution >= 4 is 30.4 Å². The number of nitrogens with one attached hydrogen (secondary N) is 2. The van der Waals surface area contributed by atoms with Crippen LogP contribution in [0.4, 0.5) is 0 Å². The summed E-state index contributed by atoms with van der Waals surface area (Å²) in [5, 5.41) is 31.2. The van der Waals surface area contributed by atoms with Gasteiger partial charge in [-0.3, -0.25) is 9.59 Å². The smallest absolute Gasteiger partial charge is 0.327 e. The van der Waals surface area contributed by atoms with Crippen LogP contribution in [0.3, 0.4) is 0 Å². The van der Waals surface area contributed by atoms with E-state index in [1.807, 2.05) is 0 Å². The maximum atomic E-state index is 11.8. The number of nitrogens with two attached hydrogens (primary N) is 1. The number of hydrogen-bond acceptors (Lipinski definition) is 7. The van der Waals surface area contributed by atoms with E-state index in [1.165, 1.54) is 6.92 Å². The van der Waals surface area contributed by atoms with Crippen LogP contribution in [-0.4, -0.2) is 69.7 Å². The van der Waals surface area contributed by atoms with Crippen LogP contribution in [0, 0.1) is 0 Å². The molecule has 0 saturated heterocycles. The lowest BCUT2D eigenvalue weighted by Crippen LogP contribution is -2.58. The number of carboxylic acids is 1. The van der Waals surface area contributed by atoms with Gasteiger partial charge in [0.15, 0.2) is 0 Å². The molecule has 10 heteroatoms. The molecule has 2 amide bonds. The molecule has 20 heavy (non-hydrogen) atoms. The van der Waals surface area contributed by atoms with Crippen molar-refractivity contribution < 1.29 is 29.7 Å². The fourth-order valence-corrected chi connectivity index (χ4v) is 1.44. The molecule has 0 spiro atoms. The molecular formula is C10H19N3O6S. The Bertz CT molecular complexity index is 365. The van der Waals surface area contributed by atoms with E-state index >= 15 is 0 Å². The summed E-state index contributed by atoms with van der Waals surface area (Å²) in [6.45, 7) is 0.611. The van der Waals surface area contributed by atoms with Crippen molar-refractivity contribution in [3.63, 3.8) is 0 Å². The SMILES string of the molecule is C[C@@H](O)[C@H](NC(=O)[C@@H](N)CO)C(=O)N[C@@H](CS)C(=O)O. The molecule has 0 aliphatic heterocycles. The highest BCUT2D eigenvalue weighted by atomic mass is 32.1. The highest BCUT2D eigenvalue weighted by molar-refractivity contribution is 7.80. The van der Waals surface area contributed by atoms with E-state index in [0.717, 1.165) is 0 Å². The number of aliphatic hydroxyl groups is 2. The number of thiol groups is 1. The fraction of sp³-hybridized carbons (Fsp3) is 0.700. The summed E-state index contributed by atoms with van der Waals surface area (Å²) in [6, 6.07) is -3.89. The zero-order valence-electron chi connectivity index (χ0n) is 10.8. The minimum absolute atomic E-state index is 0.155. The van der Waals surface area contributed by atoms with Gasteiger partial charge in [-0.25, -0.2) is 4.79 Å². The molecule has 0 aromatic carbocycles. The van der Waals surface area contributed by atoms with Gasteiger partial charge in [0.2, 0.25) is 11.8 Å². The van der Waals surface area contributed by atoms with Gasteiger partial charge in [-0.2, -0.15) is 12.6 Å². The maximum absolute atomic E-state index is 11.8. The summed E-state index contributed by atoms with van der Waals surface area (Å²) < 4.78 is 0. The second-order valence-corrected chi connectivity index (χ2v) is 4.46. The number of carbonyl (C=O) groups is 3. The average Bonchev–Trinajstić information content (AvgIpc) is 2.39. The molecule has 0 aromatic heterocycles. The van der Waals surface area contributed by atoms with Gasteiger partial charge in [0.25, 0.3) is 0 Å². The van der Waals surface area contributed by atoms with Gasteiger partial charge in [0.05, 0.1) is 12.7 Å². The molecule has 0 bridgehead atoms. The van der Waals surface area contributed by atoms with Crippen molar-refractivity contribution in [1.82, 2.24) is 10.6 Å². The molecule has 116 valence electrons. The van der Waals surface area contributed by atoms with E-state index in [9.17, 15) is 19.5 Å². The van der Waals surface area contributed by atoms with Crippen LogP contribution < -0.4 is 16.4 Å². The third-order valence-electron chi connectivity index (χ3n) is 2.39. The van der Waals surface area contributed by atoms with Crippen LogP contribution in [0.5, 0.6) is 0 Å². The first-order valence-electron chi connectivity index (χ1n) is 5.73. The maximum Gasteiger partial charge on any atom is 0.327 e. The van der Waals surface area contributed by atoms with Crippen molar-refractivity contribution in [3.05, 3.63) is 0 Å². The topological polar surface area (TPSA) is 162 Å². The Balaban J connectivity index is 4.79. The standard InChI is InChI=1S/C10H19N3O6S/c1-4(15)7(13-8(16)5(11)2-14)9(17)12-6(3-20)10(18)19/h4-7,14-15,20H,2-3,11H2,1H3,(H,12,17)(H,13,16)(H,18,19)/t4-,5+,6+,7+/m1/s1. The quantitative estimate of drug-likeness (QED) is 0.231. The molecular weight excluding hydrogens is 290 g/mol. The molecule has 0 saturated carbocycles. The van der Waals surface area contributed by atoms with Crippen molar-refractivity contribution in [2.24, 2.45) is 5.73 Å². The highest BCUT2D eigenvalue weighted by Crippen LogP contribution is 1.97. The van der Waals surface area contributed by atoms with E-state index in [2.05, 4.69) is 23.3 Å². The Morgan fingerprint density at radius 3 is 2.15 bits per heavy atom. The van der Waals surface area contributed by atoms with Gasteiger partial charge < -0.3 is 31.7 Å². The Morgan fingerprint density at radius 2 is 1.80 bits per heavy atom. The number of hydrogen-bond donors (Lipinski definition) is 7. The lowest BCUT2D eigenvalue weighted by Gasteiger charge is -2.23. The first-order valence-corrected chi connectivity index (χ1v) is 6.36. The molecule has 0 radical (unpaired) electrons. The third-order valence-corrected chi connectivity index (χ3v) is 2.76. The fourth-order valence-electron chi connectivity index (χ4n) is 1.20. The molecule has 0 rings (SSSR count). The van der Waals surface area contributed by atoms with Crippen LogP contribution in [0.25, 0.3) is 0 Å². The summed E-state index contributed by atoms with van der Waals surface area (Å²) in [5.74, 6) is -3.18. The predicted molar refractivity (Wildman–Crippen MR) is 72.1 cm³/mol. The first kappa shape index (κ1) is 18.6. The first-order chi connectivity index (χ1) is 9.24. The van der Waals surface area contributed by atoms with Crippen molar-refractivity contribution in [2.75, 3.05) is 12.4 Å². The number of amides is 2. The van der Waals surface area contributed by atoms with E-state index in [0.29, 0.717) is 0 Å². The van der Waals surface area contributed by atoms with E-state index in [4.69, 9.17) is 15.9 Å². The summed E-state index contributed by atoms with van der Waals surface area (Å²) in [6.07, 6.45) is -1.28. The minimum Gasteiger partial charge on any atom is -0.480 e. The minimum atomic E-state index is -1.39.